The van der Waals surface area contributed by atoms with Gasteiger partial charge in [0, 0.05) is 0 Å². The third-order valence-corrected chi connectivity index (χ3v) is 4.59. The first-order chi connectivity index (χ1) is 11.5. The van der Waals surface area contributed by atoms with E-state index in [1.165, 1.54) is 12.8 Å². The molecule has 130 valence electrons. The van der Waals surface area contributed by atoms with Crippen LogP contribution in [0.15, 0.2) is 54.6 Å². The van der Waals surface area contributed by atoms with Gasteiger partial charge in [-0.25, -0.2) is 9.24 Å². The van der Waals surface area contributed by atoms with Crippen LogP contribution in [-0.2, 0) is 4.57 Å². The highest BCUT2D eigenvalue weighted by Crippen LogP contribution is 2.49. The van der Waals surface area contributed by atoms with E-state index in [1.54, 1.807) is 54.6 Å². The Morgan fingerprint density at radius 3 is 2.12 bits per heavy atom. The first-order valence-corrected chi connectivity index (χ1v) is 9.73. The number of hydrogen-bond acceptors (Lipinski definition) is 2. The quantitative estimate of drug-likeness (QED) is 0.499. The van der Waals surface area contributed by atoms with E-state index in [4.69, 9.17) is 4.74 Å². The molecule has 0 atom stereocenters. The summed E-state index contributed by atoms with van der Waals surface area (Å²) < 4.78 is 18.6. The number of ether oxygens (including phenoxy) is 1. The lowest BCUT2D eigenvalue weighted by atomic mass is 10.2. The van der Waals surface area contributed by atoms with E-state index in [9.17, 15) is 14.4 Å². The van der Waals surface area contributed by atoms with Gasteiger partial charge in [-0.3, -0.25) is 0 Å². The van der Waals surface area contributed by atoms with E-state index < -0.39 is 7.75 Å². The van der Waals surface area contributed by atoms with E-state index >= 15 is 0 Å². The first kappa shape index (κ1) is 18.5. The summed E-state index contributed by atoms with van der Waals surface area (Å²) in [5.41, 5.74) is 0.868. The van der Waals surface area contributed by atoms with Crippen LogP contribution in [0.3, 0.4) is 0 Å². The van der Waals surface area contributed by atoms with Crippen molar-refractivity contribution in [2.75, 3.05) is 11.3 Å². The number of benzene rings is 2. The van der Waals surface area contributed by atoms with Crippen molar-refractivity contribution in [3.05, 3.63) is 54.6 Å². The highest BCUT2D eigenvalue weighted by Gasteiger charge is 2.27. The number of hydrogen-bond donors (Lipinski definition) is 2. The van der Waals surface area contributed by atoms with Crippen molar-refractivity contribution in [2.45, 2.75) is 32.6 Å². The highest BCUT2D eigenvalue weighted by molar-refractivity contribution is 7.54. The van der Waals surface area contributed by atoms with E-state index in [-0.39, 0.29) is 0 Å². The van der Waals surface area contributed by atoms with Gasteiger partial charge in [0.15, 0.2) is 0 Å². The second kappa shape index (κ2) is 8.88. The Kier molecular flexibility index (Phi) is 6.85. The molecule has 2 aromatic carbocycles. The Labute approximate surface area is 143 Å². The zero-order valence-corrected chi connectivity index (χ0v) is 14.7. The van der Waals surface area contributed by atoms with Gasteiger partial charge in [0.1, 0.15) is 5.75 Å². The van der Waals surface area contributed by atoms with Crippen molar-refractivity contribution in [2.24, 2.45) is 0 Å². The first-order valence-electron chi connectivity index (χ1n) is 8.16. The molecule has 0 aliphatic heterocycles. The minimum absolute atomic E-state index is 0.424. The molecule has 2 rings (SSSR count). The van der Waals surface area contributed by atoms with Gasteiger partial charge < -0.3 is 14.5 Å². The molecule has 0 fully saturated rings. The maximum atomic E-state index is 11.9. The molecule has 0 aromatic heterocycles. The van der Waals surface area contributed by atoms with E-state index in [1.807, 2.05) is 0 Å². The van der Waals surface area contributed by atoms with Gasteiger partial charge in [-0.05, 0) is 42.8 Å². The summed E-state index contributed by atoms with van der Waals surface area (Å²) in [6, 6.07) is 15.4. The Bertz CT molecular complexity index is 654. The fourth-order valence-electron chi connectivity index (χ4n) is 2.42. The maximum absolute atomic E-state index is 11.9. The third-order valence-electron chi connectivity index (χ3n) is 3.61. The lowest BCUT2D eigenvalue weighted by molar-refractivity contribution is 0.305. The molecule has 0 aliphatic rings. The zero-order valence-electron chi connectivity index (χ0n) is 13.8. The molecule has 2 N–H and O–H groups in total. The van der Waals surface area contributed by atoms with Crippen LogP contribution in [0.2, 0.25) is 0 Å². The molecule has 0 radical (unpaired) electrons. The fourth-order valence-corrected chi connectivity index (χ4v) is 3.29. The Balaban J connectivity index is 2.08. The summed E-state index contributed by atoms with van der Waals surface area (Å²) in [4.78, 5) is 19.4. The van der Waals surface area contributed by atoms with Crippen LogP contribution in [0.25, 0.3) is 0 Å². The largest absolute Gasteiger partial charge is 0.494 e. The smallest absolute Gasteiger partial charge is 0.434 e. The molecular weight excluding hydrogens is 325 g/mol. The van der Waals surface area contributed by atoms with Crippen molar-refractivity contribution in [3.63, 3.8) is 0 Å². The third kappa shape index (κ3) is 5.38. The maximum Gasteiger partial charge on any atom is 0.434 e. The second-order valence-electron chi connectivity index (χ2n) is 5.56. The molecule has 0 unspecified atom stereocenters. The zero-order chi connectivity index (χ0) is 17.4. The topological polar surface area (TPSA) is 70.0 Å². The van der Waals surface area contributed by atoms with Gasteiger partial charge in [0.2, 0.25) is 0 Å². The summed E-state index contributed by atoms with van der Waals surface area (Å²) in [5.74, 6) is 0.703. The molecular formula is C18H24NO4P. The Morgan fingerprint density at radius 1 is 0.917 bits per heavy atom. The predicted octanol–water partition coefficient (Wildman–Crippen LogP) is 4.88. The number of nitrogens with zero attached hydrogens (tertiary/aromatic N) is 1. The monoisotopic (exact) mass is 349 g/mol. The normalized spacial score (nSPS) is 11.3. The van der Waals surface area contributed by atoms with Crippen LogP contribution in [0, 0.1) is 0 Å². The molecule has 0 spiro atoms. The molecule has 5 nitrogen and oxygen atoms in total. The molecule has 24 heavy (non-hydrogen) atoms. The average molecular weight is 349 g/mol. The molecule has 0 heterocycles. The minimum Gasteiger partial charge on any atom is -0.494 e. The van der Waals surface area contributed by atoms with Crippen LogP contribution in [0.1, 0.15) is 32.6 Å². The molecule has 6 heteroatoms. The highest BCUT2D eigenvalue weighted by atomic mass is 31.2. The van der Waals surface area contributed by atoms with Crippen molar-refractivity contribution < 1.29 is 19.1 Å². The average Bonchev–Trinajstić information content (AvgIpc) is 2.56. The SMILES string of the molecule is CCCCCCOc1ccc(N(c2ccccc2)P(=O)(O)O)cc1. The molecule has 0 saturated carbocycles. The van der Waals surface area contributed by atoms with E-state index in [0.717, 1.165) is 17.5 Å². The van der Waals surface area contributed by atoms with Gasteiger partial charge in [0.25, 0.3) is 0 Å². The number of rotatable bonds is 9. The number of unbranched alkanes of at least 4 members (excludes halogenated alkanes) is 3. The summed E-state index contributed by atoms with van der Waals surface area (Å²) in [5, 5.41) is 0. The van der Waals surface area contributed by atoms with Crippen molar-refractivity contribution >= 4 is 19.1 Å². The van der Waals surface area contributed by atoms with Crippen molar-refractivity contribution in [3.8, 4) is 5.75 Å². The summed E-state index contributed by atoms with van der Waals surface area (Å²) >= 11 is 0. The minimum atomic E-state index is -4.48. The summed E-state index contributed by atoms with van der Waals surface area (Å²) in [7, 11) is -4.48. The van der Waals surface area contributed by atoms with Gasteiger partial charge in [0.05, 0.1) is 18.0 Å². The van der Waals surface area contributed by atoms with Gasteiger partial charge >= 0.3 is 7.75 Å². The molecule has 0 aliphatic carbocycles. The lowest BCUT2D eigenvalue weighted by Gasteiger charge is -2.25. The standard InChI is InChI=1S/C18H24NO4P/c1-2-3-4-8-15-23-18-13-11-17(12-14-18)19(24(20,21)22)16-9-6-5-7-10-16/h5-7,9-14H,2-4,8,15H2,1H3,(H2,20,21,22). The Hall–Kier alpha value is -1.81. The van der Waals surface area contributed by atoms with Gasteiger partial charge in [-0.1, -0.05) is 44.4 Å². The number of anilines is 2. The van der Waals surface area contributed by atoms with E-state index in [0.29, 0.717) is 23.7 Å². The van der Waals surface area contributed by atoms with Gasteiger partial charge in [-0.2, -0.15) is 0 Å². The van der Waals surface area contributed by atoms with Crippen LogP contribution >= 0.6 is 7.75 Å². The van der Waals surface area contributed by atoms with Crippen molar-refractivity contribution in [1.29, 1.82) is 0 Å². The second-order valence-corrected chi connectivity index (χ2v) is 6.99. The Morgan fingerprint density at radius 2 is 1.54 bits per heavy atom. The van der Waals surface area contributed by atoms with E-state index in [2.05, 4.69) is 6.92 Å². The summed E-state index contributed by atoms with van der Waals surface area (Å²) in [6.45, 7) is 2.82. The molecule has 2 aromatic rings. The summed E-state index contributed by atoms with van der Waals surface area (Å²) in [6.07, 6.45) is 4.55. The molecule has 0 saturated heterocycles. The number of para-hydroxylation sites is 1. The lowest BCUT2D eigenvalue weighted by Crippen LogP contribution is -2.12. The van der Waals surface area contributed by atoms with Crippen molar-refractivity contribution in [1.82, 2.24) is 0 Å². The van der Waals surface area contributed by atoms with Gasteiger partial charge in [-0.15, -0.1) is 0 Å². The van der Waals surface area contributed by atoms with Crippen LogP contribution in [-0.4, -0.2) is 16.4 Å². The fraction of sp³-hybridized carbons (Fsp3) is 0.333. The van der Waals surface area contributed by atoms with Crippen LogP contribution in [0.5, 0.6) is 5.75 Å². The predicted molar refractivity (Wildman–Crippen MR) is 96.7 cm³/mol. The molecule has 0 bridgehead atoms. The molecule has 0 amide bonds. The van der Waals surface area contributed by atoms with Crippen LogP contribution in [0.4, 0.5) is 11.4 Å². The van der Waals surface area contributed by atoms with Crippen LogP contribution < -0.4 is 9.41 Å².